The number of hydrogen-bond donors (Lipinski definition) is 1. The van der Waals surface area contributed by atoms with Crippen LogP contribution in [0.15, 0.2) is 71.6 Å². The number of nitro groups is 1. The first-order valence-electron chi connectivity index (χ1n) is 9.70. The molecule has 0 spiro atoms. The average Bonchev–Trinajstić information content (AvgIpc) is 3.47. The van der Waals surface area contributed by atoms with Crippen molar-refractivity contribution in [1.29, 1.82) is 0 Å². The van der Waals surface area contributed by atoms with Gasteiger partial charge < -0.3 is 14.8 Å². The number of ether oxygens (including phenoxy) is 2. The fraction of sp³-hybridized carbons (Fsp3) is 0.0952. The van der Waals surface area contributed by atoms with E-state index in [1.807, 2.05) is 24.3 Å². The topological polar surface area (TPSA) is 126 Å². The Morgan fingerprint density at radius 2 is 1.88 bits per heavy atom. The lowest BCUT2D eigenvalue weighted by Crippen LogP contribution is -2.14. The van der Waals surface area contributed by atoms with Gasteiger partial charge in [0.15, 0.2) is 19.2 Å². The maximum Gasteiger partial charge on any atom is 0.311 e. The highest BCUT2D eigenvalue weighted by atomic mass is 79.9. The molecule has 0 fully saturated rings. The fourth-order valence-corrected chi connectivity index (χ4v) is 3.07. The third-order valence-corrected chi connectivity index (χ3v) is 4.94. The number of aromatic nitrogens is 4. The van der Waals surface area contributed by atoms with Gasteiger partial charge >= 0.3 is 5.69 Å². The van der Waals surface area contributed by atoms with Crippen molar-refractivity contribution in [3.8, 4) is 11.5 Å². The predicted molar refractivity (Wildman–Crippen MR) is 121 cm³/mol. The highest BCUT2D eigenvalue weighted by molar-refractivity contribution is 9.10. The molecule has 0 atom stereocenters. The van der Waals surface area contributed by atoms with E-state index < -0.39 is 16.6 Å². The number of carbonyl (C=O) groups is 1. The van der Waals surface area contributed by atoms with E-state index >= 15 is 0 Å². The number of nitrogens with one attached hydrogen (secondary N) is 1. The normalized spacial score (nSPS) is 10.6. The summed E-state index contributed by atoms with van der Waals surface area (Å²) in [6.45, 7) is -0.113. The highest BCUT2D eigenvalue weighted by Crippen LogP contribution is 2.27. The zero-order chi connectivity index (χ0) is 24.1. The molecule has 174 valence electrons. The quantitative estimate of drug-likeness (QED) is 0.253. The molecule has 0 bridgehead atoms. The molecule has 13 heteroatoms. The van der Waals surface area contributed by atoms with Crippen LogP contribution in [-0.4, -0.2) is 30.4 Å². The Hall–Kier alpha value is -4.26. The number of amides is 1. The predicted octanol–water partition coefficient (Wildman–Crippen LogP) is 4.21. The lowest BCUT2D eigenvalue weighted by Gasteiger charge is -2.07. The number of carbonyl (C=O) groups excluding carboxylic acids is 1. The molecular weight excluding hydrogens is 515 g/mol. The Morgan fingerprint density at radius 1 is 1.12 bits per heavy atom. The number of nitrogens with zero attached hydrogens (tertiary/aromatic N) is 5. The fourth-order valence-electron chi connectivity index (χ4n) is 2.81. The highest BCUT2D eigenvalue weighted by Gasteiger charge is 2.17. The number of hydrogen-bond acceptors (Lipinski definition) is 7. The van der Waals surface area contributed by atoms with Crippen LogP contribution in [0.25, 0.3) is 0 Å². The molecular formula is C21H16BrFN6O5. The summed E-state index contributed by atoms with van der Waals surface area (Å²) in [5.41, 5.74) is 0.134. The molecule has 0 aliphatic rings. The lowest BCUT2D eigenvalue weighted by atomic mass is 10.3. The Balaban J connectivity index is 1.32. The van der Waals surface area contributed by atoms with E-state index in [0.717, 1.165) is 22.7 Å². The van der Waals surface area contributed by atoms with Gasteiger partial charge in [0.1, 0.15) is 11.6 Å². The van der Waals surface area contributed by atoms with E-state index in [0.29, 0.717) is 11.4 Å². The summed E-state index contributed by atoms with van der Waals surface area (Å²) in [6.07, 6.45) is 4.52. The van der Waals surface area contributed by atoms with E-state index in [4.69, 9.17) is 9.47 Å². The van der Waals surface area contributed by atoms with Crippen LogP contribution in [0.5, 0.6) is 11.5 Å². The maximum atomic E-state index is 13.4. The van der Waals surface area contributed by atoms with Gasteiger partial charge in [0.05, 0.1) is 23.0 Å². The van der Waals surface area contributed by atoms with Crippen molar-refractivity contribution < 1.29 is 23.6 Å². The van der Waals surface area contributed by atoms with Gasteiger partial charge in [-0.15, -0.1) is 0 Å². The minimum Gasteiger partial charge on any atom is -0.471 e. The van der Waals surface area contributed by atoms with Crippen LogP contribution in [0.4, 0.5) is 15.8 Å². The molecule has 4 aromatic rings. The van der Waals surface area contributed by atoms with Gasteiger partial charge in [0.25, 0.3) is 5.91 Å². The second-order valence-corrected chi connectivity index (χ2v) is 7.75. The van der Waals surface area contributed by atoms with Crippen molar-refractivity contribution in [3.63, 3.8) is 0 Å². The van der Waals surface area contributed by atoms with Crippen LogP contribution in [-0.2, 0) is 13.5 Å². The summed E-state index contributed by atoms with van der Waals surface area (Å²) >= 11 is 3.35. The Bertz CT molecular complexity index is 1320. The molecule has 0 saturated carbocycles. The standard InChI is InChI=1S/C21H16BrFN6O5/c22-14-1-4-17(5-2-14)33-13-28-11-16(10-24-28)25-21(30)18-7-8-27(26-18)12-34-20-9-15(23)3-6-19(20)29(31)32/h1-11H,12-13H2,(H,25,30). The van der Waals surface area contributed by atoms with E-state index in [1.54, 1.807) is 6.20 Å². The van der Waals surface area contributed by atoms with Gasteiger partial charge in [-0.3, -0.25) is 14.9 Å². The number of anilines is 1. The first-order chi connectivity index (χ1) is 16.4. The summed E-state index contributed by atoms with van der Waals surface area (Å²) in [4.78, 5) is 22.8. The molecule has 0 aliphatic carbocycles. The van der Waals surface area contributed by atoms with Crippen LogP contribution in [0.3, 0.4) is 0 Å². The van der Waals surface area contributed by atoms with E-state index in [2.05, 4.69) is 31.4 Å². The maximum absolute atomic E-state index is 13.4. The van der Waals surface area contributed by atoms with Crippen molar-refractivity contribution in [2.45, 2.75) is 13.5 Å². The van der Waals surface area contributed by atoms with Crippen LogP contribution >= 0.6 is 15.9 Å². The van der Waals surface area contributed by atoms with Crippen molar-refractivity contribution in [1.82, 2.24) is 19.6 Å². The van der Waals surface area contributed by atoms with Crippen LogP contribution < -0.4 is 14.8 Å². The zero-order valence-corrected chi connectivity index (χ0v) is 18.9. The second-order valence-electron chi connectivity index (χ2n) is 6.83. The molecule has 1 amide bonds. The summed E-state index contributed by atoms with van der Waals surface area (Å²) in [5, 5.41) is 21.9. The van der Waals surface area contributed by atoms with E-state index in [9.17, 15) is 19.3 Å². The van der Waals surface area contributed by atoms with Gasteiger partial charge in [-0.25, -0.2) is 13.8 Å². The zero-order valence-electron chi connectivity index (χ0n) is 17.3. The summed E-state index contributed by atoms with van der Waals surface area (Å²) in [5.74, 6) is -0.752. The number of nitro benzene ring substituents is 1. The van der Waals surface area contributed by atoms with Crippen LogP contribution in [0.1, 0.15) is 10.5 Å². The minimum absolute atomic E-state index is 0.0798. The van der Waals surface area contributed by atoms with Gasteiger partial charge in [0, 0.05) is 22.8 Å². The molecule has 2 heterocycles. The molecule has 2 aromatic carbocycles. The molecule has 0 unspecified atom stereocenters. The lowest BCUT2D eigenvalue weighted by molar-refractivity contribution is -0.386. The Kier molecular flexibility index (Phi) is 6.82. The molecule has 11 nitrogen and oxygen atoms in total. The largest absolute Gasteiger partial charge is 0.471 e. The summed E-state index contributed by atoms with van der Waals surface area (Å²) < 4.78 is 28.0. The van der Waals surface area contributed by atoms with Gasteiger partial charge in [0.2, 0.25) is 5.75 Å². The van der Waals surface area contributed by atoms with Crippen molar-refractivity contribution in [2.75, 3.05) is 5.32 Å². The van der Waals surface area contributed by atoms with Crippen LogP contribution in [0, 0.1) is 15.9 Å². The third-order valence-electron chi connectivity index (χ3n) is 4.41. The first-order valence-corrected chi connectivity index (χ1v) is 10.5. The van der Waals surface area contributed by atoms with Crippen molar-refractivity contribution in [3.05, 3.63) is 93.2 Å². The van der Waals surface area contributed by atoms with E-state index in [1.165, 1.54) is 27.8 Å². The number of halogens is 2. The average molecular weight is 531 g/mol. The van der Waals surface area contributed by atoms with E-state index in [-0.39, 0.29) is 30.6 Å². The summed E-state index contributed by atoms with van der Waals surface area (Å²) in [7, 11) is 0. The SMILES string of the molecule is O=C(Nc1cnn(COc2ccc(Br)cc2)c1)c1ccn(COc2cc(F)ccc2[N+](=O)[O-])n1. The second kappa shape index (κ2) is 10.1. The third kappa shape index (κ3) is 5.75. The first kappa shape index (κ1) is 22.9. The van der Waals surface area contributed by atoms with Gasteiger partial charge in [-0.2, -0.15) is 10.2 Å². The number of rotatable bonds is 9. The Labute approximate surface area is 200 Å². The molecule has 0 saturated heterocycles. The molecule has 2 aromatic heterocycles. The molecule has 0 aliphatic heterocycles. The molecule has 0 radical (unpaired) electrons. The van der Waals surface area contributed by atoms with Crippen molar-refractivity contribution in [2.24, 2.45) is 0 Å². The molecule has 4 rings (SSSR count). The minimum atomic E-state index is -0.680. The van der Waals surface area contributed by atoms with Crippen molar-refractivity contribution >= 4 is 33.2 Å². The number of benzene rings is 2. The van der Waals surface area contributed by atoms with Crippen LogP contribution in [0.2, 0.25) is 0 Å². The smallest absolute Gasteiger partial charge is 0.311 e. The molecule has 34 heavy (non-hydrogen) atoms. The summed E-state index contributed by atoms with van der Waals surface area (Å²) in [6, 6.07) is 11.7. The van der Waals surface area contributed by atoms with Gasteiger partial charge in [-0.05, 0) is 36.4 Å². The monoisotopic (exact) mass is 530 g/mol. The molecule has 1 N–H and O–H groups in total. The Morgan fingerprint density at radius 3 is 2.65 bits per heavy atom. The van der Waals surface area contributed by atoms with Gasteiger partial charge in [-0.1, -0.05) is 15.9 Å².